The highest BCUT2D eigenvalue weighted by Gasteiger charge is 2.43. The molecule has 0 radical (unpaired) electrons. The van der Waals surface area contributed by atoms with Crippen molar-refractivity contribution in [3.8, 4) is 0 Å². The number of hydrogen-bond donors (Lipinski definition) is 0. The summed E-state index contributed by atoms with van der Waals surface area (Å²) < 4.78 is 0.685. The maximum Gasteiger partial charge on any atom is 0.256 e. The van der Waals surface area contributed by atoms with Gasteiger partial charge in [0.15, 0.2) is 4.34 Å². The minimum atomic E-state index is -0.562. The Morgan fingerprint density at radius 1 is 1.31 bits per heavy atom. The number of benzene rings is 1. The van der Waals surface area contributed by atoms with Crippen LogP contribution in [-0.4, -0.2) is 51.2 Å². The molecule has 134 valence electrons. The molecule has 26 heavy (non-hydrogen) atoms. The summed E-state index contributed by atoms with van der Waals surface area (Å²) in [7, 11) is 0. The summed E-state index contributed by atoms with van der Waals surface area (Å²) in [6.45, 7) is 2.39. The van der Waals surface area contributed by atoms with Crippen molar-refractivity contribution < 1.29 is 14.4 Å². The van der Waals surface area contributed by atoms with Crippen LogP contribution in [-0.2, 0) is 9.59 Å². The van der Waals surface area contributed by atoms with Crippen LogP contribution in [0.1, 0.15) is 28.2 Å². The molecule has 0 saturated carbocycles. The van der Waals surface area contributed by atoms with Gasteiger partial charge in [0, 0.05) is 6.54 Å². The number of thioether (sulfide) groups is 1. The van der Waals surface area contributed by atoms with E-state index < -0.39 is 6.04 Å². The Morgan fingerprint density at radius 2 is 2.12 bits per heavy atom. The Kier molecular flexibility index (Phi) is 4.49. The molecular formula is C17H16N4O3S2. The smallest absolute Gasteiger partial charge is 0.256 e. The number of para-hydroxylation sites is 1. The third-order valence-corrected chi connectivity index (χ3v) is 6.43. The molecule has 1 aromatic heterocycles. The van der Waals surface area contributed by atoms with Crippen molar-refractivity contribution >= 4 is 46.5 Å². The highest BCUT2D eigenvalue weighted by Crippen LogP contribution is 2.33. The van der Waals surface area contributed by atoms with Crippen LogP contribution in [0.25, 0.3) is 0 Å². The molecular weight excluding hydrogens is 372 g/mol. The molecule has 0 aliphatic carbocycles. The van der Waals surface area contributed by atoms with E-state index in [1.807, 2.05) is 6.92 Å². The number of aromatic nitrogens is 2. The lowest BCUT2D eigenvalue weighted by Gasteiger charge is -2.24. The molecule has 1 saturated heterocycles. The molecule has 4 rings (SSSR count). The van der Waals surface area contributed by atoms with Gasteiger partial charge in [0.05, 0.1) is 17.0 Å². The zero-order valence-electron chi connectivity index (χ0n) is 14.0. The van der Waals surface area contributed by atoms with Gasteiger partial charge < -0.3 is 4.90 Å². The van der Waals surface area contributed by atoms with Gasteiger partial charge in [0.2, 0.25) is 5.91 Å². The first-order valence-electron chi connectivity index (χ1n) is 8.26. The van der Waals surface area contributed by atoms with Crippen molar-refractivity contribution in [2.75, 3.05) is 17.2 Å². The number of rotatable bonds is 3. The number of carbonyl (C=O) groups excluding carboxylic acids is 3. The molecule has 2 aliphatic heterocycles. The SMILES string of the molecule is Cc1nnc(SCC(=O)N2C(=O)[C@H]3CCCN3C(=O)c3ccccc32)s1. The third-order valence-electron chi connectivity index (χ3n) is 4.47. The van der Waals surface area contributed by atoms with E-state index in [4.69, 9.17) is 0 Å². The van der Waals surface area contributed by atoms with Crippen molar-refractivity contribution in [1.82, 2.24) is 15.1 Å². The second-order valence-electron chi connectivity index (χ2n) is 6.12. The summed E-state index contributed by atoms with van der Waals surface area (Å²) in [6, 6.07) is 6.25. The summed E-state index contributed by atoms with van der Waals surface area (Å²) in [4.78, 5) is 41.6. The number of amides is 3. The fraction of sp³-hybridized carbons (Fsp3) is 0.353. The molecule has 7 nitrogen and oxygen atoms in total. The largest absolute Gasteiger partial charge is 0.327 e. The Hall–Kier alpha value is -2.26. The van der Waals surface area contributed by atoms with Crippen LogP contribution in [0.15, 0.2) is 28.6 Å². The molecule has 1 atom stereocenters. The van der Waals surface area contributed by atoms with E-state index >= 15 is 0 Å². The van der Waals surface area contributed by atoms with Crippen molar-refractivity contribution in [2.24, 2.45) is 0 Å². The molecule has 2 aliphatic rings. The maximum absolute atomic E-state index is 13.1. The summed E-state index contributed by atoms with van der Waals surface area (Å²) in [6.07, 6.45) is 1.36. The Bertz CT molecular complexity index is 898. The zero-order chi connectivity index (χ0) is 18.3. The monoisotopic (exact) mass is 388 g/mol. The molecule has 2 aromatic rings. The van der Waals surface area contributed by atoms with E-state index in [0.29, 0.717) is 28.6 Å². The number of hydrogen-bond acceptors (Lipinski definition) is 7. The third kappa shape index (κ3) is 2.90. The highest BCUT2D eigenvalue weighted by molar-refractivity contribution is 8.01. The molecule has 9 heteroatoms. The molecule has 3 amide bonds. The van der Waals surface area contributed by atoms with Gasteiger partial charge in [-0.2, -0.15) is 0 Å². The molecule has 1 aromatic carbocycles. The fourth-order valence-corrected chi connectivity index (χ4v) is 4.99. The topological polar surface area (TPSA) is 83.5 Å². The van der Waals surface area contributed by atoms with E-state index in [9.17, 15) is 14.4 Å². The number of anilines is 1. The van der Waals surface area contributed by atoms with Gasteiger partial charge >= 0.3 is 0 Å². The normalized spacial score (nSPS) is 19.3. The lowest BCUT2D eigenvalue weighted by Crippen LogP contribution is -2.47. The quantitative estimate of drug-likeness (QED) is 0.749. The zero-order valence-corrected chi connectivity index (χ0v) is 15.7. The first-order valence-corrected chi connectivity index (χ1v) is 10.1. The van der Waals surface area contributed by atoms with E-state index in [2.05, 4.69) is 10.2 Å². The fourth-order valence-electron chi connectivity index (χ4n) is 3.32. The molecule has 1 fully saturated rings. The van der Waals surface area contributed by atoms with Crippen molar-refractivity contribution in [3.63, 3.8) is 0 Å². The minimum Gasteiger partial charge on any atom is -0.327 e. The van der Waals surface area contributed by atoms with Gasteiger partial charge in [-0.1, -0.05) is 35.2 Å². The second-order valence-corrected chi connectivity index (χ2v) is 8.52. The first-order chi connectivity index (χ1) is 12.6. The number of carbonyl (C=O) groups is 3. The van der Waals surface area contributed by atoms with Crippen LogP contribution in [0.3, 0.4) is 0 Å². The maximum atomic E-state index is 13.1. The minimum absolute atomic E-state index is 0.0651. The molecule has 3 heterocycles. The Balaban J connectivity index is 1.66. The van der Waals surface area contributed by atoms with Gasteiger partial charge in [-0.25, -0.2) is 4.90 Å². The van der Waals surface area contributed by atoms with Crippen LogP contribution in [0.4, 0.5) is 5.69 Å². The average molecular weight is 388 g/mol. The summed E-state index contributed by atoms with van der Waals surface area (Å²) in [5, 5.41) is 8.75. The second kappa shape index (κ2) is 6.81. The van der Waals surface area contributed by atoms with E-state index in [1.54, 1.807) is 29.2 Å². The van der Waals surface area contributed by atoms with Crippen LogP contribution in [0, 0.1) is 6.92 Å². The van der Waals surface area contributed by atoms with Crippen LogP contribution in [0.2, 0.25) is 0 Å². The standard InChI is InChI=1S/C17H16N4O3S2/c1-10-18-19-17(26-10)25-9-14(22)21-12-6-3-2-5-11(12)15(23)20-8-4-7-13(20)16(21)24/h2-3,5-6,13H,4,7-9H2,1H3/t13-/m1/s1. The number of nitrogens with zero attached hydrogens (tertiary/aromatic N) is 4. The predicted octanol–water partition coefficient (Wildman–Crippen LogP) is 2.12. The number of aryl methyl sites for hydroxylation is 1. The Labute approximate surface area is 158 Å². The molecule has 0 spiro atoms. The van der Waals surface area contributed by atoms with Crippen LogP contribution in [0.5, 0.6) is 0 Å². The predicted molar refractivity (Wildman–Crippen MR) is 98.4 cm³/mol. The lowest BCUT2D eigenvalue weighted by atomic mass is 10.1. The summed E-state index contributed by atoms with van der Waals surface area (Å²) in [5.74, 6) is -0.781. The van der Waals surface area contributed by atoms with Gasteiger partial charge in [-0.15, -0.1) is 10.2 Å². The number of imide groups is 1. The average Bonchev–Trinajstić information content (AvgIpc) is 3.27. The van der Waals surface area contributed by atoms with E-state index in [0.717, 1.165) is 11.4 Å². The van der Waals surface area contributed by atoms with Crippen LogP contribution >= 0.6 is 23.1 Å². The highest BCUT2D eigenvalue weighted by atomic mass is 32.2. The summed E-state index contributed by atoms with van der Waals surface area (Å²) >= 11 is 2.66. The molecule has 0 bridgehead atoms. The number of fused-ring (bicyclic) bond motifs is 2. The van der Waals surface area contributed by atoms with E-state index in [-0.39, 0.29) is 23.5 Å². The van der Waals surface area contributed by atoms with Gasteiger partial charge in [0.25, 0.3) is 11.8 Å². The molecule has 0 N–H and O–H groups in total. The summed E-state index contributed by atoms with van der Waals surface area (Å²) in [5.41, 5.74) is 0.770. The van der Waals surface area contributed by atoms with E-state index in [1.165, 1.54) is 28.0 Å². The first kappa shape index (κ1) is 17.2. The van der Waals surface area contributed by atoms with Crippen molar-refractivity contribution in [2.45, 2.75) is 30.1 Å². The van der Waals surface area contributed by atoms with Gasteiger partial charge in [-0.05, 0) is 31.9 Å². The van der Waals surface area contributed by atoms with Crippen molar-refractivity contribution in [1.29, 1.82) is 0 Å². The lowest BCUT2D eigenvalue weighted by molar-refractivity contribution is -0.127. The Morgan fingerprint density at radius 3 is 2.88 bits per heavy atom. The molecule has 0 unspecified atom stereocenters. The van der Waals surface area contributed by atoms with Crippen molar-refractivity contribution in [3.05, 3.63) is 34.8 Å². The van der Waals surface area contributed by atoms with Gasteiger partial charge in [0.1, 0.15) is 11.0 Å². The van der Waals surface area contributed by atoms with Gasteiger partial charge in [-0.3, -0.25) is 14.4 Å². The van der Waals surface area contributed by atoms with Crippen LogP contribution < -0.4 is 4.90 Å².